The van der Waals surface area contributed by atoms with Crippen LogP contribution in [0, 0.1) is 5.92 Å². The number of nitrogens with one attached hydrogen (secondary N) is 2. The number of hydrogen-bond acceptors (Lipinski definition) is 5. The van der Waals surface area contributed by atoms with E-state index < -0.39 is 0 Å². The molecule has 1 fully saturated rings. The Kier molecular flexibility index (Phi) is 8.89. The van der Waals surface area contributed by atoms with E-state index in [1.807, 2.05) is 81.4 Å². The van der Waals surface area contributed by atoms with Crippen LogP contribution in [-0.2, 0) is 4.79 Å². The normalized spacial score (nSPS) is 14.2. The van der Waals surface area contributed by atoms with Crippen LogP contribution in [-0.4, -0.2) is 45.1 Å². The molecule has 1 saturated heterocycles. The Morgan fingerprint density at radius 3 is 2.13 bits per heavy atom. The maximum Gasteiger partial charge on any atom is 0.253 e. The fourth-order valence-electron chi connectivity index (χ4n) is 4.83. The maximum absolute atomic E-state index is 13.6. The Labute approximate surface area is 225 Å². The zero-order valence-electron chi connectivity index (χ0n) is 22.7. The van der Waals surface area contributed by atoms with E-state index >= 15 is 0 Å². The molecule has 7 nitrogen and oxygen atoms in total. The third kappa shape index (κ3) is 6.65. The Bertz CT molecular complexity index is 1240. The van der Waals surface area contributed by atoms with Gasteiger partial charge in [-0.15, -0.1) is 0 Å². The highest BCUT2D eigenvalue weighted by molar-refractivity contribution is 6.02. The number of carbonyl (C=O) groups excluding carboxylic acids is 2. The second kappa shape index (κ2) is 12.5. The van der Waals surface area contributed by atoms with Crippen LogP contribution in [0.5, 0.6) is 5.75 Å². The van der Waals surface area contributed by atoms with Gasteiger partial charge in [0.15, 0.2) is 0 Å². The van der Waals surface area contributed by atoms with Crippen LogP contribution in [0.4, 0.5) is 17.1 Å². The number of nitrogens with zero attached hydrogens (tertiary/aromatic N) is 2. The largest absolute Gasteiger partial charge is 0.495 e. The Hall–Kier alpha value is -4.00. The second-order valence-electron chi connectivity index (χ2n) is 10.1. The maximum atomic E-state index is 13.6. The zero-order valence-corrected chi connectivity index (χ0v) is 22.7. The minimum Gasteiger partial charge on any atom is -0.495 e. The van der Waals surface area contributed by atoms with Crippen molar-refractivity contribution in [3.05, 3.63) is 83.9 Å². The molecule has 1 aliphatic heterocycles. The molecule has 200 valence electrons. The monoisotopic (exact) mass is 514 g/mol. The molecule has 1 aliphatic rings. The number of methoxy groups -OCH3 is 1. The first-order chi connectivity index (χ1) is 18.4. The number of rotatable bonds is 9. The summed E-state index contributed by atoms with van der Waals surface area (Å²) in [6.45, 7) is 9.11. The summed E-state index contributed by atoms with van der Waals surface area (Å²) in [5.74, 6) is 0.895. The van der Waals surface area contributed by atoms with Gasteiger partial charge in [0, 0.05) is 44.0 Å². The van der Waals surface area contributed by atoms with Crippen LogP contribution in [0.25, 0.3) is 0 Å². The first kappa shape index (κ1) is 27.0. The number of piperazine rings is 1. The van der Waals surface area contributed by atoms with Crippen LogP contribution >= 0.6 is 0 Å². The lowest BCUT2D eigenvalue weighted by Crippen LogP contribution is -2.47. The molecule has 1 heterocycles. The quantitative estimate of drug-likeness (QED) is 0.395. The second-order valence-corrected chi connectivity index (χ2v) is 10.1. The van der Waals surface area contributed by atoms with Crippen molar-refractivity contribution < 1.29 is 14.3 Å². The highest BCUT2D eigenvalue weighted by Crippen LogP contribution is 2.31. The van der Waals surface area contributed by atoms with E-state index in [-0.39, 0.29) is 23.8 Å². The molecule has 2 amide bonds. The summed E-state index contributed by atoms with van der Waals surface area (Å²) in [7, 11) is 1.69. The SMILES string of the molecule is COc1ccccc1N1CCN(c2ccc(NC(=O)CC(C)C)cc2C(=O)N[C@@H](C)c2ccccc2)CC1. The molecule has 2 N–H and O–H groups in total. The molecule has 38 heavy (non-hydrogen) atoms. The summed E-state index contributed by atoms with van der Waals surface area (Å²) in [5.41, 5.74) is 4.16. The first-order valence-corrected chi connectivity index (χ1v) is 13.3. The first-order valence-electron chi connectivity index (χ1n) is 13.3. The summed E-state index contributed by atoms with van der Waals surface area (Å²) in [4.78, 5) is 30.6. The van der Waals surface area contributed by atoms with E-state index in [1.54, 1.807) is 13.2 Å². The summed E-state index contributed by atoms with van der Waals surface area (Å²) in [6, 6.07) is 23.4. The molecule has 7 heteroatoms. The van der Waals surface area contributed by atoms with Crippen LogP contribution in [0.2, 0.25) is 0 Å². The van der Waals surface area contributed by atoms with Gasteiger partial charge in [-0.1, -0.05) is 56.3 Å². The fourth-order valence-corrected chi connectivity index (χ4v) is 4.83. The van der Waals surface area contributed by atoms with E-state index in [0.717, 1.165) is 48.9 Å². The number of amides is 2. The Morgan fingerprint density at radius 1 is 0.842 bits per heavy atom. The van der Waals surface area contributed by atoms with Crippen molar-refractivity contribution in [2.75, 3.05) is 48.4 Å². The molecular weight excluding hydrogens is 476 g/mol. The van der Waals surface area contributed by atoms with Gasteiger partial charge in [0.2, 0.25) is 5.91 Å². The molecule has 0 saturated carbocycles. The summed E-state index contributed by atoms with van der Waals surface area (Å²) < 4.78 is 5.56. The minimum atomic E-state index is -0.163. The van der Waals surface area contributed by atoms with Gasteiger partial charge in [-0.3, -0.25) is 9.59 Å². The highest BCUT2D eigenvalue weighted by atomic mass is 16.5. The molecule has 4 rings (SSSR count). The molecule has 0 aliphatic carbocycles. The number of benzene rings is 3. The topological polar surface area (TPSA) is 73.9 Å². The van der Waals surface area contributed by atoms with Crippen molar-refractivity contribution in [1.82, 2.24) is 5.32 Å². The number of ether oxygens (including phenoxy) is 1. The van der Waals surface area contributed by atoms with Gasteiger partial charge < -0.3 is 25.2 Å². The van der Waals surface area contributed by atoms with E-state index in [0.29, 0.717) is 17.7 Å². The third-order valence-electron chi connectivity index (χ3n) is 6.81. The average Bonchev–Trinajstić information content (AvgIpc) is 2.93. The molecular formula is C31H38N4O3. The van der Waals surface area contributed by atoms with Gasteiger partial charge >= 0.3 is 0 Å². The van der Waals surface area contributed by atoms with E-state index in [2.05, 4.69) is 26.5 Å². The molecule has 0 aromatic heterocycles. The molecule has 1 atom stereocenters. The van der Waals surface area contributed by atoms with Crippen molar-refractivity contribution in [3.63, 3.8) is 0 Å². The van der Waals surface area contributed by atoms with Gasteiger partial charge in [0.05, 0.1) is 24.4 Å². The van der Waals surface area contributed by atoms with Crippen molar-refractivity contribution in [3.8, 4) is 5.75 Å². The van der Waals surface area contributed by atoms with Crippen molar-refractivity contribution >= 4 is 28.9 Å². The van der Waals surface area contributed by atoms with Gasteiger partial charge in [-0.25, -0.2) is 0 Å². The lowest BCUT2D eigenvalue weighted by molar-refractivity contribution is -0.116. The standard InChI is InChI=1S/C31H38N4O3/c1-22(2)20-30(36)33-25-14-15-27(26(21-25)31(37)32-23(3)24-10-6-5-7-11-24)34-16-18-35(19-17-34)28-12-8-9-13-29(28)38-4/h5-15,21-23H,16-20H2,1-4H3,(H,32,37)(H,33,36)/t23-/m0/s1. The highest BCUT2D eigenvalue weighted by Gasteiger charge is 2.24. The van der Waals surface area contributed by atoms with Crippen LogP contribution in [0.3, 0.4) is 0 Å². The van der Waals surface area contributed by atoms with Crippen LogP contribution in [0.1, 0.15) is 49.2 Å². The molecule has 0 unspecified atom stereocenters. The average molecular weight is 515 g/mol. The lowest BCUT2D eigenvalue weighted by Gasteiger charge is -2.38. The molecule has 0 radical (unpaired) electrons. The molecule has 0 bridgehead atoms. The Balaban J connectivity index is 1.55. The van der Waals surface area contributed by atoms with Crippen molar-refractivity contribution in [1.29, 1.82) is 0 Å². The van der Waals surface area contributed by atoms with E-state index in [9.17, 15) is 9.59 Å². The third-order valence-corrected chi connectivity index (χ3v) is 6.81. The van der Waals surface area contributed by atoms with Crippen molar-refractivity contribution in [2.45, 2.75) is 33.2 Å². The number of para-hydroxylation sites is 2. The minimum absolute atomic E-state index is 0.0535. The van der Waals surface area contributed by atoms with Crippen molar-refractivity contribution in [2.24, 2.45) is 5.92 Å². The predicted octanol–water partition coefficient (Wildman–Crippen LogP) is 5.50. The predicted molar refractivity (Wildman–Crippen MR) is 154 cm³/mol. The molecule has 0 spiro atoms. The summed E-state index contributed by atoms with van der Waals surface area (Å²) in [6.07, 6.45) is 0.430. The summed E-state index contributed by atoms with van der Waals surface area (Å²) >= 11 is 0. The van der Waals surface area contributed by atoms with Gasteiger partial charge in [0.25, 0.3) is 5.91 Å². The number of carbonyl (C=O) groups is 2. The van der Waals surface area contributed by atoms with E-state index in [1.165, 1.54) is 0 Å². The molecule has 3 aromatic rings. The van der Waals surface area contributed by atoms with Gasteiger partial charge in [0.1, 0.15) is 5.75 Å². The number of hydrogen-bond donors (Lipinski definition) is 2. The van der Waals surface area contributed by atoms with Gasteiger partial charge in [-0.05, 0) is 48.7 Å². The summed E-state index contributed by atoms with van der Waals surface area (Å²) in [5, 5.41) is 6.11. The molecule has 3 aromatic carbocycles. The zero-order chi connectivity index (χ0) is 27.1. The van der Waals surface area contributed by atoms with Gasteiger partial charge in [-0.2, -0.15) is 0 Å². The fraction of sp³-hybridized carbons (Fsp3) is 0.355. The smallest absolute Gasteiger partial charge is 0.253 e. The Morgan fingerprint density at radius 2 is 1.47 bits per heavy atom. The van der Waals surface area contributed by atoms with Crippen LogP contribution in [0.15, 0.2) is 72.8 Å². The van der Waals surface area contributed by atoms with Crippen LogP contribution < -0.4 is 25.2 Å². The number of anilines is 3. The van der Waals surface area contributed by atoms with E-state index in [4.69, 9.17) is 4.74 Å². The lowest BCUT2D eigenvalue weighted by atomic mass is 10.1.